The first kappa shape index (κ1) is 25.1. The molecule has 0 spiro atoms. The maximum atomic E-state index is 12.4. The van der Waals surface area contributed by atoms with Crippen LogP contribution in [0.1, 0.15) is 41.8 Å². The lowest BCUT2D eigenvalue weighted by molar-refractivity contribution is -0.153. The molecule has 0 bridgehead atoms. The molecule has 0 N–H and O–H groups in total. The molecule has 0 unspecified atom stereocenters. The summed E-state index contributed by atoms with van der Waals surface area (Å²) < 4.78 is 49.7. The van der Waals surface area contributed by atoms with Crippen molar-refractivity contribution in [1.82, 2.24) is 19.7 Å². The van der Waals surface area contributed by atoms with Gasteiger partial charge in [-0.3, -0.25) is 9.48 Å². The Kier molecular flexibility index (Phi) is 8.26. The topological polar surface area (TPSA) is 69.5 Å². The first-order valence-corrected chi connectivity index (χ1v) is 12.6. The van der Waals surface area contributed by atoms with Crippen molar-refractivity contribution in [2.45, 2.75) is 57.2 Å². The van der Waals surface area contributed by atoms with Crippen LogP contribution in [0.4, 0.5) is 13.2 Å². The predicted octanol–water partition coefficient (Wildman–Crippen LogP) is 3.61. The minimum atomic E-state index is -4.35. The van der Waals surface area contributed by atoms with Crippen molar-refractivity contribution >= 4 is 17.1 Å². The van der Waals surface area contributed by atoms with Gasteiger partial charge >= 0.3 is 6.18 Å². The molecule has 0 amide bonds. The molecule has 0 aromatic carbocycles. The number of halogens is 3. The van der Waals surface area contributed by atoms with E-state index in [0.29, 0.717) is 25.9 Å². The van der Waals surface area contributed by atoms with Gasteiger partial charge in [0.25, 0.3) is 5.19 Å². The summed E-state index contributed by atoms with van der Waals surface area (Å²) in [6, 6.07) is 0. The Morgan fingerprint density at radius 1 is 1.29 bits per heavy atom. The molecule has 0 saturated carbocycles. The number of alkyl halides is 3. The van der Waals surface area contributed by atoms with Crippen molar-refractivity contribution in [3.63, 3.8) is 0 Å². The summed E-state index contributed by atoms with van der Waals surface area (Å²) in [5.74, 6) is 0.520. The number of ketones is 1. The van der Waals surface area contributed by atoms with Gasteiger partial charge < -0.3 is 14.4 Å². The number of hydrogen-bond donors (Lipinski definition) is 0. The van der Waals surface area contributed by atoms with E-state index in [1.807, 2.05) is 13.2 Å². The van der Waals surface area contributed by atoms with Crippen LogP contribution in [0.15, 0.2) is 12.4 Å². The van der Waals surface area contributed by atoms with Crippen molar-refractivity contribution < 1.29 is 27.4 Å². The van der Waals surface area contributed by atoms with Gasteiger partial charge in [0, 0.05) is 57.0 Å². The molecule has 2 aliphatic heterocycles. The third-order valence-corrected chi connectivity index (χ3v) is 7.42. The highest BCUT2D eigenvalue weighted by atomic mass is 32.1. The third kappa shape index (κ3) is 7.51. The monoisotopic (exact) mass is 500 g/mol. The third-order valence-electron chi connectivity index (χ3n) is 6.35. The van der Waals surface area contributed by atoms with Crippen LogP contribution in [0.3, 0.4) is 0 Å². The van der Waals surface area contributed by atoms with Crippen LogP contribution in [0, 0.1) is 5.92 Å². The summed E-state index contributed by atoms with van der Waals surface area (Å²) in [6.07, 6.45) is 4.86. The second kappa shape index (κ2) is 11.2. The van der Waals surface area contributed by atoms with Gasteiger partial charge in [0.15, 0.2) is 6.61 Å². The number of aryl methyl sites for hydroxylation is 1. The molecule has 7 nitrogen and oxygen atoms in total. The molecule has 4 heterocycles. The summed E-state index contributed by atoms with van der Waals surface area (Å²) in [7, 11) is 1.85. The van der Waals surface area contributed by atoms with Crippen LogP contribution < -0.4 is 4.74 Å². The van der Waals surface area contributed by atoms with E-state index in [2.05, 4.69) is 15.0 Å². The quantitative estimate of drug-likeness (QED) is 0.524. The van der Waals surface area contributed by atoms with Crippen LogP contribution in [0.2, 0.25) is 0 Å². The highest BCUT2D eigenvalue weighted by Crippen LogP contribution is 2.30. The summed E-state index contributed by atoms with van der Waals surface area (Å²) in [6.45, 7) is 1.93. The Bertz CT molecular complexity index is 928. The van der Waals surface area contributed by atoms with Crippen LogP contribution in [0.25, 0.3) is 0 Å². The molecule has 4 rings (SSSR count). The molecule has 0 radical (unpaired) electrons. The van der Waals surface area contributed by atoms with E-state index in [1.54, 1.807) is 10.9 Å². The summed E-state index contributed by atoms with van der Waals surface area (Å²) in [5.41, 5.74) is 1.81. The summed E-state index contributed by atoms with van der Waals surface area (Å²) >= 11 is 1.23. The van der Waals surface area contributed by atoms with Gasteiger partial charge in [0.1, 0.15) is 5.78 Å². The molecule has 2 aromatic rings. The molecule has 34 heavy (non-hydrogen) atoms. The first-order chi connectivity index (χ1) is 16.2. The van der Waals surface area contributed by atoms with Crippen LogP contribution in [-0.2, 0) is 35.8 Å². The zero-order valence-corrected chi connectivity index (χ0v) is 20.2. The highest BCUT2D eigenvalue weighted by molar-refractivity contribution is 7.13. The highest BCUT2D eigenvalue weighted by Gasteiger charge is 2.30. The first-order valence-electron chi connectivity index (χ1n) is 11.7. The Balaban J connectivity index is 1.13. The molecule has 2 aromatic heterocycles. The second-order valence-corrected chi connectivity index (χ2v) is 10.3. The number of ether oxygens (including phenoxy) is 2. The predicted molar refractivity (Wildman–Crippen MR) is 121 cm³/mol. The number of carbonyl (C=O) groups is 1. The molecule has 2 atom stereocenters. The number of thiazole rings is 1. The lowest BCUT2D eigenvalue weighted by Gasteiger charge is -2.30. The zero-order valence-electron chi connectivity index (χ0n) is 19.4. The number of Topliss-reactive ketones (excluding diaryl/α,β-unsaturated/α-hetero) is 1. The van der Waals surface area contributed by atoms with Gasteiger partial charge in [0.05, 0.1) is 24.6 Å². The van der Waals surface area contributed by atoms with E-state index >= 15 is 0 Å². The fourth-order valence-electron chi connectivity index (χ4n) is 4.58. The minimum Gasteiger partial charge on any atom is -0.460 e. The largest absolute Gasteiger partial charge is 0.460 e. The molecule has 188 valence electrons. The standard InChI is InChI=1S/C23H31F3N4O3S/c1-29-13-17(12-27-29)11-18(31)10-16-2-3-19(32-14-16)4-7-30-8-5-20-21(6-9-30)34-22(28-20)33-15-23(24,25)26/h12-13,16,19H,2-11,14-15H2,1H3/t16-,19-/m1/s1. The van der Waals surface area contributed by atoms with Crippen molar-refractivity contribution in [2.24, 2.45) is 13.0 Å². The lowest BCUT2D eigenvalue weighted by atomic mass is 9.91. The fourth-order valence-corrected chi connectivity index (χ4v) is 5.52. The maximum Gasteiger partial charge on any atom is 0.422 e. The normalized spacial score (nSPS) is 21.8. The number of rotatable bonds is 9. The maximum absolute atomic E-state index is 12.4. The van der Waals surface area contributed by atoms with Crippen LogP contribution >= 0.6 is 11.3 Å². The molecule has 2 aliphatic rings. The van der Waals surface area contributed by atoms with Gasteiger partial charge in [-0.05, 0) is 37.2 Å². The van der Waals surface area contributed by atoms with Crippen LogP contribution in [0.5, 0.6) is 5.19 Å². The Labute approximate surface area is 201 Å². The Hall–Kier alpha value is -1.98. The Morgan fingerprint density at radius 2 is 2.12 bits per heavy atom. The zero-order chi connectivity index (χ0) is 24.1. The lowest BCUT2D eigenvalue weighted by Crippen LogP contribution is -2.33. The van der Waals surface area contributed by atoms with Gasteiger partial charge in [-0.1, -0.05) is 11.3 Å². The smallest absolute Gasteiger partial charge is 0.422 e. The van der Waals surface area contributed by atoms with E-state index in [1.165, 1.54) is 11.3 Å². The van der Waals surface area contributed by atoms with Gasteiger partial charge in [-0.15, -0.1) is 0 Å². The van der Waals surface area contributed by atoms with E-state index in [0.717, 1.165) is 61.5 Å². The van der Waals surface area contributed by atoms with Crippen LogP contribution in [-0.4, -0.2) is 70.6 Å². The number of nitrogens with zero attached hydrogens (tertiary/aromatic N) is 4. The minimum absolute atomic E-state index is 0.111. The van der Waals surface area contributed by atoms with Crippen molar-refractivity contribution in [1.29, 1.82) is 0 Å². The number of hydrogen-bond acceptors (Lipinski definition) is 7. The molecular weight excluding hydrogens is 469 g/mol. The molecule has 1 fully saturated rings. The van der Waals surface area contributed by atoms with E-state index in [9.17, 15) is 18.0 Å². The van der Waals surface area contributed by atoms with Gasteiger partial charge in [-0.25, -0.2) is 4.98 Å². The Morgan fingerprint density at radius 3 is 2.82 bits per heavy atom. The van der Waals surface area contributed by atoms with E-state index in [4.69, 9.17) is 9.47 Å². The molecule has 11 heteroatoms. The molecule has 0 aliphatic carbocycles. The average Bonchev–Trinajstić information content (AvgIpc) is 3.32. The molecule has 1 saturated heterocycles. The van der Waals surface area contributed by atoms with Crippen molar-refractivity contribution in [2.75, 3.05) is 32.8 Å². The average molecular weight is 501 g/mol. The van der Waals surface area contributed by atoms with Crippen molar-refractivity contribution in [3.05, 3.63) is 28.5 Å². The SMILES string of the molecule is Cn1cc(CC(=O)C[C@H]2CC[C@H](CCN3CCc4nc(OCC(F)(F)F)sc4CC3)OC2)cn1. The second-order valence-electron chi connectivity index (χ2n) is 9.22. The van der Waals surface area contributed by atoms with E-state index < -0.39 is 12.8 Å². The number of fused-ring (bicyclic) bond motifs is 1. The fraction of sp³-hybridized carbons (Fsp3) is 0.696. The number of carbonyl (C=O) groups excluding carboxylic acids is 1. The number of aromatic nitrogens is 3. The summed E-state index contributed by atoms with van der Waals surface area (Å²) in [5, 5.41) is 4.22. The molecular formula is C23H31F3N4O3S. The van der Waals surface area contributed by atoms with Crippen molar-refractivity contribution in [3.8, 4) is 5.19 Å². The summed E-state index contributed by atoms with van der Waals surface area (Å²) in [4.78, 5) is 20.0. The van der Waals surface area contributed by atoms with Gasteiger partial charge in [0.2, 0.25) is 0 Å². The van der Waals surface area contributed by atoms with Gasteiger partial charge in [-0.2, -0.15) is 18.3 Å². The van der Waals surface area contributed by atoms with E-state index in [-0.39, 0.29) is 23.0 Å².